The number of hydrogen-bond donors (Lipinski definition) is 1. The summed E-state index contributed by atoms with van der Waals surface area (Å²) in [7, 11) is 0.0307. The van der Waals surface area contributed by atoms with Gasteiger partial charge in [-0.15, -0.1) is 0 Å². The zero-order valence-corrected chi connectivity index (χ0v) is 15.4. The molecule has 1 heterocycles. The molecule has 1 aromatic rings. The average Bonchev–Trinajstić information content (AvgIpc) is 2.64. The van der Waals surface area contributed by atoms with Crippen molar-refractivity contribution in [3.05, 3.63) is 23.8 Å². The maximum absolute atomic E-state index is 3.81. The van der Waals surface area contributed by atoms with Crippen LogP contribution in [0.15, 0.2) is 18.2 Å². The summed E-state index contributed by atoms with van der Waals surface area (Å²) in [5.74, 6) is 0. The first-order chi connectivity index (χ1) is 11.4. The van der Waals surface area contributed by atoms with Crippen LogP contribution in [0.1, 0.15) is 76.2 Å². The van der Waals surface area contributed by atoms with Gasteiger partial charge < -0.3 is 5.32 Å². The van der Waals surface area contributed by atoms with Crippen LogP contribution >= 0.6 is 7.92 Å². The molecule has 0 aromatic heterocycles. The van der Waals surface area contributed by atoms with Gasteiger partial charge in [-0.05, 0) is 60.7 Å². The van der Waals surface area contributed by atoms with Gasteiger partial charge in [-0.3, -0.25) is 0 Å². The van der Waals surface area contributed by atoms with E-state index in [2.05, 4.69) is 23.5 Å². The molecule has 1 nitrogen and oxygen atoms in total. The Balaban J connectivity index is 1.69. The normalized spacial score (nSPS) is 23.5. The van der Waals surface area contributed by atoms with E-state index in [0.717, 1.165) is 11.3 Å². The summed E-state index contributed by atoms with van der Waals surface area (Å²) in [6.07, 6.45) is 17.5. The quantitative estimate of drug-likeness (QED) is 0.689. The molecule has 2 saturated carbocycles. The van der Waals surface area contributed by atoms with Gasteiger partial charge in [0.1, 0.15) is 0 Å². The molecule has 126 valence electrons. The summed E-state index contributed by atoms with van der Waals surface area (Å²) in [6, 6.07) is 7.24. The third kappa shape index (κ3) is 3.46. The van der Waals surface area contributed by atoms with Crippen LogP contribution in [0.25, 0.3) is 0 Å². The first-order valence-corrected chi connectivity index (χ1v) is 11.6. The standard InChI is InChI=1S/C21H32NP/c1-3-11-18(12-4-1)23(19-13-5-2-6-14-19)20-15-7-9-17-10-8-16-22-21(17)20/h7,9,15,18-19,22H,1-6,8,10-14,16H2. The van der Waals surface area contributed by atoms with Crippen molar-refractivity contribution < 1.29 is 0 Å². The van der Waals surface area contributed by atoms with Gasteiger partial charge in [0.2, 0.25) is 0 Å². The molecule has 0 bridgehead atoms. The molecule has 3 aliphatic rings. The zero-order valence-electron chi connectivity index (χ0n) is 14.5. The van der Waals surface area contributed by atoms with Crippen LogP contribution in [-0.4, -0.2) is 17.9 Å². The van der Waals surface area contributed by atoms with Gasteiger partial charge in [0.25, 0.3) is 0 Å². The Morgan fingerprint density at radius 3 is 2.09 bits per heavy atom. The van der Waals surface area contributed by atoms with Gasteiger partial charge in [-0.25, -0.2) is 0 Å². The number of aryl methyl sites for hydroxylation is 1. The Hall–Kier alpha value is -0.550. The van der Waals surface area contributed by atoms with Gasteiger partial charge in [0.05, 0.1) is 0 Å². The highest BCUT2D eigenvalue weighted by Crippen LogP contribution is 2.56. The van der Waals surface area contributed by atoms with Crippen LogP contribution in [0.2, 0.25) is 0 Å². The molecule has 4 rings (SSSR count). The molecule has 0 radical (unpaired) electrons. The molecule has 2 heteroatoms. The van der Waals surface area contributed by atoms with Crippen molar-refractivity contribution in [2.75, 3.05) is 11.9 Å². The Bertz CT molecular complexity index is 497. The van der Waals surface area contributed by atoms with E-state index in [-0.39, 0.29) is 7.92 Å². The predicted octanol–water partition coefficient (Wildman–Crippen LogP) is 5.82. The minimum absolute atomic E-state index is 0.0307. The Kier molecular flexibility index (Phi) is 5.24. The van der Waals surface area contributed by atoms with Gasteiger partial charge >= 0.3 is 0 Å². The first-order valence-electron chi connectivity index (χ1n) is 10.1. The lowest BCUT2D eigenvalue weighted by molar-refractivity contribution is 0.487. The number of rotatable bonds is 3. The molecular formula is C21H32NP. The molecule has 0 amide bonds. The van der Waals surface area contributed by atoms with Crippen LogP contribution in [0.3, 0.4) is 0 Å². The second-order valence-electron chi connectivity index (χ2n) is 7.83. The number of benzene rings is 1. The minimum Gasteiger partial charge on any atom is -0.384 e. The maximum atomic E-state index is 3.81. The molecule has 2 fully saturated rings. The third-order valence-corrected chi connectivity index (χ3v) is 9.80. The summed E-state index contributed by atoms with van der Waals surface area (Å²) in [5, 5.41) is 5.57. The second kappa shape index (κ2) is 7.56. The van der Waals surface area contributed by atoms with E-state index < -0.39 is 0 Å². The maximum Gasteiger partial charge on any atom is 0.0451 e. The van der Waals surface area contributed by atoms with Crippen molar-refractivity contribution in [2.45, 2.75) is 88.4 Å². The SMILES string of the molecule is c1cc2c(c(P(C3CCCCC3)C3CCCCC3)c1)NCCC2. The first kappa shape index (κ1) is 15.9. The molecule has 1 N–H and O–H groups in total. The van der Waals surface area contributed by atoms with Crippen molar-refractivity contribution in [2.24, 2.45) is 0 Å². The van der Waals surface area contributed by atoms with Crippen molar-refractivity contribution in [3.8, 4) is 0 Å². The van der Waals surface area contributed by atoms with Crippen molar-refractivity contribution in [3.63, 3.8) is 0 Å². The molecule has 0 atom stereocenters. The highest BCUT2D eigenvalue weighted by atomic mass is 31.1. The van der Waals surface area contributed by atoms with E-state index in [1.807, 2.05) is 0 Å². The fourth-order valence-electron chi connectivity index (χ4n) is 5.12. The molecule has 1 aliphatic heterocycles. The molecular weight excluding hydrogens is 297 g/mol. The highest BCUT2D eigenvalue weighted by Gasteiger charge is 2.34. The molecule has 0 unspecified atom stereocenters. The van der Waals surface area contributed by atoms with E-state index in [4.69, 9.17) is 0 Å². The molecule has 23 heavy (non-hydrogen) atoms. The Morgan fingerprint density at radius 1 is 0.783 bits per heavy atom. The smallest absolute Gasteiger partial charge is 0.0451 e. The van der Waals surface area contributed by atoms with Gasteiger partial charge in [0.15, 0.2) is 0 Å². The van der Waals surface area contributed by atoms with Crippen LogP contribution in [-0.2, 0) is 6.42 Å². The van der Waals surface area contributed by atoms with Gasteiger partial charge in [-0.1, -0.05) is 64.6 Å². The number of hydrogen-bond acceptors (Lipinski definition) is 1. The summed E-state index contributed by atoms with van der Waals surface area (Å²) in [4.78, 5) is 0. The number of nitrogens with one attached hydrogen (secondary N) is 1. The third-order valence-electron chi connectivity index (χ3n) is 6.27. The van der Waals surface area contributed by atoms with E-state index in [9.17, 15) is 0 Å². The summed E-state index contributed by atoms with van der Waals surface area (Å²) >= 11 is 0. The number of fused-ring (bicyclic) bond motifs is 1. The number of anilines is 1. The van der Waals surface area contributed by atoms with Gasteiger partial charge in [-0.2, -0.15) is 0 Å². The van der Waals surface area contributed by atoms with Crippen LogP contribution in [0, 0.1) is 0 Å². The Labute approximate surface area is 143 Å². The van der Waals surface area contributed by atoms with Crippen molar-refractivity contribution in [1.82, 2.24) is 0 Å². The topological polar surface area (TPSA) is 12.0 Å². The summed E-state index contributed by atoms with van der Waals surface area (Å²) < 4.78 is 0. The second-order valence-corrected chi connectivity index (χ2v) is 10.6. The Morgan fingerprint density at radius 2 is 1.43 bits per heavy atom. The largest absolute Gasteiger partial charge is 0.384 e. The van der Waals surface area contributed by atoms with E-state index in [1.54, 1.807) is 16.6 Å². The summed E-state index contributed by atoms with van der Waals surface area (Å²) in [5.41, 5.74) is 5.20. The number of para-hydroxylation sites is 1. The van der Waals surface area contributed by atoms with Crippen molar-refractivity contribution in [1.29, 1.82) is 0 Å². The predicted molar refractivity (Wildman–Crippen MR) is 104 cm³/mol. The average molecular weight is 329 g/mol. The van der Waals surface area contributed by atoms with Crippen LogP contribution < -0.4 is 10.6 Å². The summed E-state index contributed by atoms with van der Waals surface area (Å²) in [6.45, 7) is 1.18. The van der Waals surface area contributed by atoms with Gasteiger partial charge in [0, 0.05) is 12.2 Å². The van der Waals surface area contributed by atoms with E-state index in [0.29, 0.717) is 0 Å². The lowest BCUT2D eigenvalue weighted by Crippen LogP contribution is -2.29. The molecule has 0 spiro atoms. The lowest BCUT2D eigenvalue weighted by Gasteiger charge is -2.40. The van der Waals surface area contributed by atoms with E-state index in [1.165, 1.54) is 83.6 Å². The van der Waals surface area contributed by atoms with Crippen LogP contribution in [0.5, 0.6) is 0 Å². The fourth-order valence-corrected chi connectivity index (χ4v) is 9.08. The highest BCUT2D eigenvalue weighted by molar-refractivity contribution is 7.67. The molecule has 2 aliphatic carbocycles. The van der Waals surface area contributed by atoms with Crippen molar-refractivity contribution >= 4 is 18.9 Å². The molecule has 0 saturated heterocycles. The lowest BCUT2D eigenvalue weighted by atomic mass is 9.99. The monoisotopic (exact) mass is 329 g/mol. The van der Waals surface area contributed by atoms with Crippen LogP contribution in [0.4, 0.5) is 5.69 Å². The fraction of sp³-hybridized carbons (Fsp3) is 0.714. The minimum atomic E-state index is 0.0307. The molecule has 1 aromatic carbocycles. The van der Waals surface area contributed by atoms with E-state index >= 15 is 0 Å². The zero-order chi connectivity index (χ0) is 15.5.